The van der Waals surface area contributed by atoms with Gasteiger partial charge in [-0.3, -0.25) is 25.0 Å². The molecule has 2 amide bonds. The summed E-state index contributed by atoms with van der Waals surface area (Å²) >= 11 is 5.14. The van der Waals surface area contributed by atoms with Crippen LogP contribution in [0.25, 0.3) is 6.08 Å². The highest BCUT2D eigenvalue weighted by Gasteiger charge is 2.35. The second-order valence-corrected chi connectivity index (χ2v) is 8.72. The van der Waals surface area contributed by atoms with Crippen molar-refractivity contribution in [2.75, 3.05) is 12.0 Å². The van der Waals surface area contributed by atoms with Crippen LogP contribution >= 0.6 is 12.2 Å². The lowest BCUT2D eigenvalue weighted by atomic mass is 10.0. The fourth-order valence-electron chi connectivity index (χ4n) is 3.98. The lowest BCUT2D eigenvalue weighted by molar-refractivity contribution is -0.384. The van der Waals surface area contributed by atoms with E-state index in [1.54, 1.807) is 36.4 Å². The number of nitrogens with one attached hydrogen (secondary N) is 1. The Morgan fingerprint density at radius 1 is 1.15 bits per heavy atom. The van der Waals surface area contributed by atoms with Crippen LogP contribution < -0.4 is 19.7 Å². The van der Waals surface area contributed by atoms with E-state index in [1.807, 2.05) is 0 Å². The molecule has 1 N–H and O–H groups in total. The minimum Gasteiger partial charge on any atom is -0.493 e. The lowest BCUT2D eigenvalue weighted by Crippen LogP contribution is -2.54. The van der Waals surface area contributed by atoms with Gasteiger partial charge in [-0.05, 0) is 60.1 Å². The number of rotatable bonds is 9. The van der Waals surface area contributed by atoms with E-state index < -0.39 is 22.6 Å². The van der Waals surface area contributed by atoms with Gasteiger partial charge in [-0.25, -0.2) is 9.29 Å². The molecule has 3 aromatic rings. The van der Waals surface area contributed by atoms with Crippen LogP contribution in [0.5, 0.6) is 11.5 Å². The van der Waals surface area contributed by atoms with Crippen molar-refractivity contribution in [2.45, 2.75) is 13.0 Å². The molecular formula is C28H22FN3O6S. The van der Waals surface area contributed by atoms with E-state index in [4.69, 9.17) is 21.7 Å². The molecule has 0 radical (unpaired) electrons. The van der Waals surface area contributed by atoms with Gasteiger partial charge in [0.1, 0.15) is 18.0 Å². The summed E-state index contributed by atoms with van der Waals surface area (Å²) in [6, 6.07) is 14.9. The van der Waals surface area contributed by atoms with E-state index in [1.165, 1.54) is 43.5 Å². The summed E-state index contributed by atoms with van der Waals surface area (Å²) < 4.78 is 26.0. The largest absolute Gasteiger partial charge is 0.493 e. The normalized spacial score (nSPS) is 14.3. The Morgan fingerprint density at radius 3 is 2.62 bits per heavy atom. The molecule has 0 atom stereocenters. The lowest BCUT2D eigenvalue weighted by Gasteiger charge is -2.29. The molecule has 3 aromatic carbocycles. The maximum absolute atomic E-state index is 14.5. The molecule has 0 aliphatic carbocycles. The summed E-state index contributed by atoms with van der Waals surface area (Å²) in [5.74, 6) is -1.52. The van der Waals surface area contributed by atoms with E-state index in [-0.39, 0.29) is 28.7 Å². The van der Waals surface area contributed by atoms with E-state index in [9.17, 15) is 24.1 Å². The predicted molar refractivity (Wildman–Crippen MR) is 147 cm³/mol. The van der Waals surface area contributed by atoms with Crippen LogP contribution in [0, 0.1) is 15.9 Å². The Morgan fingerprint density at radius 2 is 1.92 bits per heavy atom. The number of para-hydroxylation sites is 1. The predicted octanol–water partition coefficient (Wildman–Crippen LogP) is 4.88. The fraction of sp³-hybridized carbons (Fsp3) is 0.107. The second kappa shape index (κ2) is 11.7. The molecule has 1 heterocycles. The summed E-state index contributed by atoms with van der Waals surface area (Å²) in [6.07, 6.45) is 3.35. The Balaban J connectivity index is 1.70. The van der Waals surface area contributed by atoms with Crippen molar-refractivity contribution in [1.29, 1.82) is 0 Å². The number of hydrogen-bond acceptors (Lipinski definition) is 7. The third-order valence-corrected chi connectivity index (χ3v) is 6.03. The molecule has 0 saturated carbocycles. The number of nitro groups is 1. The maximum atomic E-state index is 14.5. The summed E-state index contributed by atoms with van der Waals surface area (Å²) in [6.45, 7) is 3.80. The zero-order valence-corrected chi connectivity index (χ0v) is 21.5. The zero-order valence-electron chi connectivity index (χ0n) is 20.7. The van der Waals surface area contributed by atoms with Gasteiger partial charge in [0.05, 0.1) is 17.7 Å². The van der Waals surface area contributed by atoms with Crippen LogP contribution in [0.2, 0.25) is 0 Å². The standard InChI is InChI=1S/C28H22FN3O6S/c1-3-7-19-12-18(15-24(37-2)25(19)38-16-17-8-6-9-20(13-17)32(35)36)14-21-26(33)30-28(39)31(27(21)34)23-11-5-4-10-22(23)29/h3-6,8-15H,1,7,16H2,2H3,(H,30,33,39)/b21-14+. The number of carbonyl (C=O) groups excluding carboxylic acids is 2. The van der Waals surface area contributed by atoms with Crippen molar-refractivity contribution >= 4 is 46.6 Å². The van der Waals surface area contributed by atoms with Gasteiger partial charge in [0.25, 0.3) is 17.5 Å². The number of carbonyl (C=O) groups is 2. The van der Waals surface area contributed by atoms with Crippen molar-refractivity contribution in [3.8, 4) is 11.5 Å². The summed E-state index contributed by atoms with van der Waals surface area (Å²) in [7, 11) is 1.43. The minimum absolute atomic E-state index is 0.0263. The number of allylic oxidation sites excluding steroid dienone is 1. The summed E-state index contributed by atoms with van der Waals surface area (Å²) in [5.41, 5.74) is 1.24. The molecule has 39 heavy (non-hydrogen) atoms. The molecule has 1 aliphatic heterocycles. The van der Waals surface area contributed by atoms with Gasteiger partial charge in [0.2, 0.25) is 0 Å². The van der Waals surface area contributed by atoms with Crippen LogP contribution in [0.4, 0.5) is 15.8 Å². The second-order valence-electron chi connectivity index (χ2n) is 8.33. The van der Waals surface area contributed by atoms with Crippen LogP contribution in [0.1, 0.15) is 16.7 Å². The molecule has 1 aliphatic rings. The first-order valence-electron chi connectivity index (χ1n) is 11.6. The first-order valence-corrected chi connectivity index (χ1v) is 12.0. The summed E-state index contributed by atoms with van der Waals surface area (Å²) in [5, 5.41) is 13.3. The number of halogens is 1. The molecule has 0 spiro atoms. The minimum atomic E-state index is -0.788. The van der Waals surface area contributed by atoms with Gasteiger partial charge >= 0.3 is 0 Å². The van der Waals surface area contributed by atoms with Gasteiger partial charge in [-0.15, -0.1) is 6.58 Å². The van der Waals surface area contributed by atoms with Crippen LogP contribution in [-0.2, 0) is 22.6 Å². The van der Waals surface area contributed by atoms with Crippen molar-refractivity contribution < 1.29 is 28.4 Å². The number of benzene rings is 3. The number of methoxy groups -OCH3 is 1. The number of nitro benzene ring substituents is 1. The van der Waals surface area contributed by atoms with Crippen LogP contribution in [-0.4, -0.2) is 29.0 Å². The number of amides is 2. The van der Waals surface area contributed by atoms with Crippen LogP contribution in [0.3, 0.4) is 0 Å². The average Bonchev–Trinajstić information content (AvgIpc) is 2.91. The number of non-ortho nitro benzene ring substituents is 1. The fourth-order valence-corrected chi connectivity index (χ4v) is 4.25. The van der Waals surface area contributed by atoms with Gasteiger partial charge in [-0.1, -0.05) is 30.3 Å². The van der Waals surface area contributed by atoms with Crippen LogP contribution in [0.15, 0.2) is 78.9 Å². The highest BCUT2D eigenvalue weighted by Crippen LogP contribution is 2.35. The third-order valence-electron chi connectivity index (χ3n) is 5.75. The molecular weight excluding hydrogens is 525 g/mol. The Hall–Kier alpha value is -4.90. The monoisotopic (exact) mass is 547 g/mol. The zero-order chi connectivity index (χ0) is 28.1. The number of anilines is 1. The van der Waals surface area contributed by atoms with E-state index >= 15 is 0 Å². The Kier molecular flexibility index (Phi) is 8.11. The Labute approximate surface area is 228 Å². The smallest absolute Gasteiger partial charge is 0.270 e. The van der Waals surface area contributed by atoms with E-state index in [0.717, 1.165) is 4.90 Å². The SMILES string of the molecule is C=CCc1cc(/C=C2\C(=O)NC(=S)N(c3ccccc3F)C2=O)cc(OC)c1OCc1cccc([N+](=O)[O-])c1. The molecule has 0 unspecified atom stereocenters. The first-order chi connectivity index (χ1) is 18.7. The number of thiocarbonyl (C=S) groups is 1. The first kappa shape index (κ1) is 27.1. The molecule has 0 aromatic heterocycles. The molecule has 4 rings (SSSR count). The third kappa shape index (κ3) is 5.83. The van der Waals surface area contributed by atoms with Gasteiger partial charge < -0.3 is 9.47 Å². The molecule has 9 nitrogen and oxygen atoms in total. The number of hydrogen-bond donors (Lipinski definition) is 1. The van der Waals surface area contributed by atoms with Crippen molar-refractivity contribution in [3.63, 3.8) is 0 Å². The van der Waals surface area contributed by atoms with Crippen molar-refractivity contribution in [3.05, 3.63) is 112 Å². The number of nitrogens with zero attached hydrogens (tertiary/aromatic N) is 2. The van der Waals surface area contributed by atoms with Crippen molar-refractivity contribution in [2.24, 2.45) is 0 Å². The molecule has 198 valence electrons. The highest BCUT2D eigenvalue weighted by molar-refractivity contribution is 7.80. The quantitative estimate of drug-likeness (QED) is 0.102. The van der Waals surface area contributed by atoms with Crippen molar-refractivity contribution in [1.82, 2.24) is 5.32 Å². The molecule has 0 bridgehead atoms. The molecule has 1 fully saturated rings. The highest BCUT2D eigenvalue weighted by atomic mass is 32.1. The summed E-state index contributed by atoms with van der Waals surface area (Å²) in [4.78, 5) is 37.5. The van der Waals surface area contributed by atoms with E-state index in [2.05, 4.69) is 11.9 Å². The molecule has 11 heteroatoms. The van der Waals surface area contributed by atoms with Gasteiger partial charge in [0, 0.05) is 17.7 Å². The number of ether oxygens (including phenoxy) is 2. The van der Waals surface area contributed by atoms with E-state index in [0.29, 0.717) is 34.6 Å². The van der Waals surface area contributed by atoms with Gasteiger partial charge in [0.15, 0.2) is 16.6 Å². The topological polar surface area (TPSA) is 111 Å². The Bertz CT molecular complexity index is 1540. The van der Waals surface area contributed by atoms with Gasteiger partial charge in [-0.2, -0.15) is 0 Å². The molecule has 1 saturated heterocycles. The maximum Gasteiger partial charge on any atom is 0.270 e. The average molecular weight is 548 g/mol.